The Bertz CT molecular complexity index is 421. The van der Waals surface area contributed by atoms with E-state index in [0.717, 1.165) is 31.0 Å². The van der Waals surface area contributed by atoms with Gasteiger partial charge in [-0.05, 0) is 43.9 Å². The molecule has 1 unspecified atom stereocenters. The molecule has 114 valence electrons. The third-order valence-corrected chi connectivity index (χ3v) is 4.12. The number of anilines is 1. The van der Waals surface area contributed by atoms with Crippen LogP contribution in [-0.4, -0.2) is 24.6 Å². The highest BCUT2D eigenvalue weighted by Crippen LogP contribution is 2.26. The zero-order valence-corrected chi connectivity index (χ0v) is 14.2. The van der Waals surface area contributed by atoms with Crippen molar-refractivity contribution in [2.75, 3.05) is 18.5 Å². The van der Waals surface area contributed by atoms with Crippen molar-refractivity contribution in [3.8, 4) is 0 Å². The summed E-state index contributed by atoms with van der Waals surface area (Å²) in [5, 5.41) is 3.43. The van der Waals surface area contributed by atoms with E-state index >= 15 is 0 Å². The number of hydrogen-bond acceptors (Lipinski definition) is 3. The molecule has 1 N–H and O–H groups in total. The first kappa shape index (κ1) is 17.0. The van der Waals surface area contributed by atoms with Crippen LogP contribution in [-0.2, 0) is 6.54 Å². The van der Waals surface area contributed by atoms with E-state index in [0.29, 0.717) is 6.04 Å². The predicted molar refractivity (Wildman–Crippen MR) is 88.3 cm³/mol. The summed E-state index contributed by atoms with van der Waals surface area (Å²) in [6, 6.07) is 4.78. The topological polar surface area (TPSA) is 28.2 Å². The summed E-state index contributed by atoms with van der Waals surface area (Å²) >= 11 is 0. The molecule has 0 amide bonds. The van der Waals surface area contributed by atoms with Gasteiger partial charge in [0.05, 0.1) is 0 Å². The minimum absolute atomic E-state index is 0.242. The first-order valence-corrected chi connectivity index (χ1v) is 7.67. The van der Waals surface area contributed by atoms with Gasteiger partial charge in [-0.3, -0.25) is 0 Å². The lowest BCUT2D eigenvalue weighted by Crippen LogP contribution is -2.39. The summed E-state index contributed by atoms with van der Waals surface area (Å²) < 4.78 is 0. The summed E-state index contributed by atoms with van der Waals surface area (Å²) in [6.07, 6.45) is 1.16. The third kappa shape index (κ3) is 4.48. The Morgan fingerprint density at radius 1 is 1.30 bits per heavy atom. The van der Waals surface area contributed by atoms with E-state index in [1.54, 1.807) is 0 Å². The van der Waals surface area contributed by atoms with Crippen molar-refractivity contribution in [1.29, 1.82) is 0 Å². The van der Waals surface area contributed by atoms with Crippen molar-refractivity contribution in [1.82, 2.24) is 10.3 Å². The molecule has 0 radical (unpaired) electrons. The highest BCUT2D eigenvalue weighted by molar-refractivity contribution is 5.42. The second-order valence-electron chi connectivity index (χ2n) is 6.74. The van der Waals surface area contributed by atoms with Crippen LogP contribution in [0.25, 0.3) is 0 Å². The van der Waals surface area contributed by atoms with E-state index < -0.39 is 0 Å². The molecule has 20 heavy (non-hydrogen) atoms. The Hall–Kier alpha value is -1.09. The standard InChI is InChI=1S/C17H31N3/c1-8-11-18-12-15-9-10-16(19-13(15)2)20(7)14(3)17(4,5)6/h9-10,14,18H,8,11-12H2,1-7H3. The second-order valence-corrected chi connectivity index (χ2v) is 6.74. The lowest BCUT2D eigenvalue weighted by atomic mass is 9.87. The molecule has 0 aliphatic carbocycles. The van der Waals surface area contributed by atoms with Crippen molar-refractivity contribution < 1.29 is 0 Å². The Labute approximate surface area is 124 Å². The van der Waals surface area contributed by atoms with Gasteiger partial charge in [-0.2, -0.15) is 0 Å². The largest absolute Gasteiger partial charge is 0.356 e. The van der Waals surface area contributed by atoms with E-state index in [1.165, 1.54) is 5.56 Å². The molecule has 0 fully saturated rings. The number of aryl methyl sites for hydroxylation is 1. The molecule has 1 aromatic heterocycles. The molecule has 0 saturated heterocycles. The van der Waals surface area contributed by atoms with Gasteiger partial charge in [0.2, 0.25) is 0 Å². The van der Waals surface area contributed by atoms with E-state index in [9.17, 15) is 0 Å². The summed E-state index contributed by atoms with van der Waals surface area (Å²) in [4.78, 5) is 7.05. The quantitative estimate of drug-likeness (QED) is 0.802. The molecule has 0 saturated carbocycles. The van der Waals surface area contributed by atoms with Gasteiger partial charge in [-0.1, -0.05) is 33.8 Å². The monoisotopic (exact) mass is 277 g/mol. The molecule has 0 aromatic carbocycles. The summed E-state index contributed by atoms with van der Waals surface area (Å²) in [5.74, 6) is 1.06. The zero-order valence-electron chi connectivity index (χ0n) is 14.2. The highest BCUT2D eigenvalue weighted by Gasteiger charge is 2.24. The maximum Gasteiger partial charge on any atom is 0.128 e. The fourth-order valence-corrected chi connectivity index (χ4v) is 2.14. The first-order chi connectivity index (χ1) is 9.27. The molecule has 0 bridgehead atoms. The Kier molecular flexibility index (Phi) is 6.00. The smallest absolute Gasteiger partial charge is 0.128 e. The molecule has 1 heterocycles. The molecule has 3 nitrogen and oxygen atoms in total. The number of rotatable bonds is 6. The van der Waals surface area contributed by atoms with Gasteiger partial charge >= 0.3 is 0 Å². The average Bonchev–Trinajstić information content (AvgIpc) is 2.38. The van der Waals surface area contributed by atoms with Gasteiger partial charge in [0.1, 0.15) is 5.82 Å². The molecule has 1 rings (SSSR count). The van der Waals surface area contributed by atoms with Crippen LogP contribution in [0.3, 0.4) is 0 Å². The summed E-state index contributed by atoms with van der Waals surface area (Å²) in [7, 11) is 2.13. The molecule has 3 heteroatoms. The van der Waals surface area contributed by atoms with Crippen molar-refractivity contribution >= 4 is 5.82 Å². The van der Waals surface area contributed by atoms with E-state index in [-0.39, 0.29) is 5.41 Å². The highest BCUT2D eigenvalue weighted by atomic mass is 15.2. The minimum Gasteiger partial charge on any atom is -0.356 e. The van der Waals surface area contributed by atoms with E-state index in [4.69, 9.17) is 4.98 Å². The van der Waals surface area contributed by atoms with Crippen LogP contribution < -0.4 is 10.2 Å². The third-order valence-electron chi connectivity index (χ3n) is 4.12. The van der Waals surface area contributed by atoms with Crippen molar-refractivity contribution in [2.24, 2.45) is 5.41 Å². The fraction of sp³-hybridized carbons (Fsp3) is 0.706. The number of aromatic nitrogens is 1. The molecule has 0 aliphatic heterocycles. The van der Waals surface area contributed by atoms with Crippen molar-refractivity contribution in [3.63, 3.8) is 0 Å². The number of nitrogens with zero attached hydrogens (tertiary/aromatic N) is 2. The molecular formula is C17H31N3. The fourth-order valence-electron chi connectivity index (χ4n) is 2.14. The second kappa shape index (κ2) is 7.07. The predicted octanol–water partition coefficient (Wildman–Crippen LogP) is 3.76. The molecule has 0 aliphatic rings. The Balaban J connectivity index is 2.81. The van der Waals surface area contributed by atoms with Gasteiger partial charge in [0.25, 0.3) is 0 Å². The number of pyridine rings is 1. The summed E-state index contributed by atoms with van der Waals surface area (Å²) in [6.45, 7) is 15.3. The lowest BCUT2D eigenvalue weighted by molar-refractivity contribution is 0.328. The van der Waals surface area contributed by atoms with Crippen molar-refractivity contribution in [3.05, 3.63) is 23.4 Å². The summed E-state index contributed by atoms with van der Waals surface area (Å²) in [5.41, 5.74) is 2.66. The van der Waals surface area contributed by atoms with Gasteiger partial charge in [-0.25, -0.2) is 4.98 Å². The normalized spacial score (nSPS) is 13.3. The maximum absolute atomic E-state index is 4.77. The average molecular weight is 277 g/mol. The van der Waals surface area contributed by atoms with E-state index in [2.05, 4.69) is 70.9 Å². The van der Waals surface area contributed by atoms with Crippen LogP contribution >= 0.6 is 0 Å². The van der Waals surface area contributed by atoms with Crippen LogP contribution in [0.15, 0.2) is 12.1 Å². The lowest BCUT2D eigenvalue weighted by Gasteiger charge is -2.36. The molecule has 0 spiro atoms. The minimum atomic E-state index is 0.242. The van der Waals surface area contributed by atoms with Crippen LogP contribution in [0.5, 0.6) is 0 Å². The molecule has 1 aromatic rings. The van der Waals surface area contributed by atoms with Gasteiger partial charge in [-0.15, -0.1) is 0 Å². The maximum atomic E-state index is 4.77. The molecular weight excluding hydrogens is 246 g/mol. The number of hydrogen-bond donors (Lipinski definition) is 1. The van der Waals surface area contributed by atoms with Crippen LogP contribution in [0, 0.1) is 12.3 Å². The SMILES string of the molecule is CCCNCc1ccc(N(C)C(C)C(C)(C)C)nc1C. The first-order valence-electron chi connectivity index (χ1n) is 7.67. The van der Waals surface area contributed by atoms with Crippen molar-refractivity contribution in [2.45, 2.75) is 60.5 Å². The van der Waals surface area contributed by atoms with Crippen LogP contribution in [0.2, 0.25) is 0 Å². The van der Waals surface area contributed by atoms with Gasteiger partial charge < -0.3 is 10.2 Å². The Morgan fingerprint density at radius 3 is 2.45 bits per heavy atom. The molecule has 1 atom stereocenters. The zero-order chi connectivity index (χ0) is 15.3. The number of nitrogens with one attached hydrogen (secondary N) is 1. The van der Waals surface area contributed by atoms with Crippen LogP contribution in [0.1, 0.15) is 52.3 Å². The Morgan fingerprint density at radius 2 is 1.95 bits per heavy atom. The van der Waals surface area contributed by atoms with Gasteiger partial charge in [0.15, 0.2) is 0 Å². The van der Waals surface area contributed by atoms with Gasteiger partial charge in [0, 0.05) is 25.3 Å². The van der Waals surface area contributed by atoms with E-state index in [1.807, 2.05) is 0 Å². The van der Waals surface area contributed by atoms with Crippen LogP contribution in [0.4, 0.5) is 5.82 Å².